The van der Waals surface area contributed by atoms with Gasteiger partial charge in [0.1, 0.15) is 17.7 Å². The van der Waals surface area contributed by atoms with Crippen molar-refractivity contribution in [2.45, 2.75) is 38.0 Å². The Morgan fingerprint density at radius 2 is 2.03 bits per heavy atom. The summed E-state index contributed by atoms with van der Waals surface area (Å²) in [6, 6.07) is 6.21. The zero-order valence-electron chi connectivity index (χ0n) is 17.0. The van der Waals surface area contributed by atoms with E-state index in [9.17, 15) is 25.1 Å². The van der Waals surface area contributed by atoms with E-state index in [0.29, 0.717) is 12.1 Å². The molecule has 0 bridgehead atoms. The highest BCUT2D eigenvalue weighted by Gasteiger charge is 2.47. The smallest absolute Gasteiger partial charge is 0.274 e. The SMILES string of the molecule is CCNC(=O)[C@H]1O[C@@H](n2cnc3c(=N)n(Cc4ccccc4[N+](=O)[O-])cnc32)[C@H](O)[C@@H]1O. The molecule has 0 radical (unpaired) electrons. The van der Waals surface area contributed by atoms with Crippen molar-refractivity contribution in [1.82, 2.24) is 24.4 Å². The van der Waals surface area contributed by atoms with Crippen LogP contribution in [0.2, 0.25) is 0 Å². The predicted molar refractivity (Wildman–Crippen MR) is 108 cm³/mol. The number of aromatic nitrogens is 4. The first-order valence-electron chi connectivity index (χ1n) is 9.81. The second kappa shape index (κ2) is 8.45. The van der Waals surface area contributed by atoms with Gasteiger partial charge in [-0.05, 0) is 6.92 Å². The van der Waals surface area contributed by atoms with Gasteiger partial charge in [0.2, 0.25) is 0 Å². The third-order valence-electron chi connectivity index (χ3n) is 5.25. The third-order valence-corrected chi connectivity index (χ3v) is 5.25. The van der Waals surface area contributed by atoms with E-state index in [4.69, 9.17) is 10.1 Å². The molecule has 0 spiro atoms. The molecule has 1 amide bonds. The topological polar surface area (TPSA) is 181 Å². The Kier molecular flexibility index (Phi) is 5.69. The number of nitro benzene ring substituents is 1. The molecule has 3 aromatic rings. The third kappa shape index (κ3) is 3.62. The van der Waals surface area contributed by atoms with Gasteiger partial charge in [-0.15, -0.1) is 0 Å². The normalized spacial score (nSPS) is 22.8. The van der Waals surface area contributed by atoms with Gasteiger partial charge in [-0.2, -0.15) is 0 Å². The van der Waals surface area contributed by atoms with E-state index >= 15 is 0 Å². The van der Waals surface area contributed by atoms with Crippen LogP contribution in [0, 0.1) is 15.5 Å². The first-order chi connectivity index (χ1) is 15.3. The van der Waals surface area contributed by atoms with Crippen LogP contribution in [0.25, 0.3) is 11.2 Å². The molecular weight excluding hydrogens is 422 g/mol. The fraction of sp³-hybridized carbons (Fsp3) is 0.368. The summed E-state index contributed by atoms with van der Waals surface area (Å²) in [5.74, 6) is -0.553. The van der Waals surface area contributed by atoms with E-state index in [-0.39, 0.29) is 28.9 Å². The van der Waals surface area contributed by atoms with Gasteiger partial charge in [0.15, 0.2) is 23.5 Å². The largest absolute Gasteiger partial charge is 0.387 e. The van der Waals surface area contributed by atoms with Crippen molar-refractivity contribution in [2.75, 3.05) is 6.54 Å². The van der Waals surface area contributed by atoms with Crippen LogP contribution < -0.4 is 10.8 Å². The van der Waals surface area contributed by atoms with Crippen LogP contribution >= 0.6 is 0 Å². The number of likely N-dealkylation sites (N-methyl/N-ethyl adjacent to an activating group) is 1. The second-order valence-corrected chi connectivity index (χ2v) is 7.25. The zero-order valence-corrected chi connectivity index (χ0v) is 17.0. The van der Waals surface area contributed by atoms with E-state index in [1.54, 1.807) is 25.1 Å². The van der Waals surface area contributed by atoms with Crippen LogP contribution in [0.4, 0.5) is 5.69 Å². The summed E-state index contributed by atoms with van der Waals surface area (Å²) in [6.45, 7) is 2.09. The zero-order chi connectivity index (χ0) is 23.0. The summed E-state index contributed by atoms with van der Waals surface area (Å²) >= 11 is 0. The average molecular weight is 443 g/mol. The molecule has 0 aliphatic carbocycles. The Morgan fingerprint density at radius 1 is 1.28 bits per heavy atom. The van der Waals surface area contributed by atoms with Crippen LogP contribution in [0.15, 0.2) is 36.9 Å². The second-order valence-electron chi connectivity index (χ2n) is 7.25. The number of para-hydroxylation sites is 1. The van der Waals surface area contributed by atoms with Crippen LogP contribution in [0.3, 0.4) is 0 Å². The lowest BCUT2D eigenvalue weighted by Crippen LogP contribution is -2.42. The number of imidazole rings is 1. The summed E-state index contributed by atoms with van der Waals surface area (Å²) in [4.78, 5) is 31.3. The molecule has 0 saturated carbocycles. The van der Waals surface area contributed by atoms with Crippen molar-refractivity contribution in [1.29, 1.82) is 5.41 Å². The minimum absolute atomic E-state index is 0.0340. The first kappa shape index (κ1) is 21.5. The highest BCUT2D eigenvalue weighted by Crippen LogP contribution is 2.31. The fourth-order valence-corrected chi connectivity index (χ4v) is 3.66. The Bertz CT molecular complexity index is 1240. The van der Waals surface area contributed by atoms with Crippen molar-refractivity contribution < 1.29 is 24.7 Å². The van der Waals surface area contributed by atoms with E-state index in [1.807, 2.05) is 0 Å². The maximum atomic E-state index is 12.1. The number of aliphatic hydroxyl groups is 2. The lowest BCUT2D eigenvalue weighted by molar-refractivity contribution is -0.385. The number of aliphatic hydroxyl groups excluding tert-OH is 2. The monoisotopic (exact) mass is 443 g/mol. The quantitative estimate of drug-likeness (QED) is 0.288. The molecule has 4 atom stereocenters. The number of carbonyl (C=O) groups excluding carboxylic acids is 1. The molecule has 4 rings (SSSR count). The van der Waals surface area contributed by atoms with Crippen LogP contribution in [-0.4, -0.2) is 65.0 Å². The van der Waals surface area contributed by atoms with Gasteiger partial charge < -0.3 is 24.8 Å². The Labute approximate surface area is 180 Å². The van der Waals surface area contributed by atoms with E-state index in [0.717, 1.165) is 0 Å². The number of nitrogens with zero attached hydrogens (tertiary/aromatic N) is 5. The van der Waals surface area contributed by atoms with Gasteiger partial charge in [0.05, 0.1) is 24.1 Å². The molecule has 1 aliphatic rings. The number of carbonyl (C=O) groups is 1. The van der Waals surface area contributed by atoms with Crippen molar-refractivity contribution in [2.24, 2.45) is 0 Å². The summed E-state index contributed by atoms with van der Waals surface area (Å²) in [5.41, 5.74) is 0.636. The number of nitrogens with one attached hydrogen (secondary N) is 2. The number of benzene rings is 1. The molecule has 13 nitrogen and oxygen atoms in total. The van der Waals surface area contributed by atoms with Crippen LogP contribution in [0.1, 0.15) is 18.7 Å². The highest BCUT2D eigenvalue weighted by atomic mass is 16.6. The Hall–Kier alpha value is -3.68. The summed E-state index contributed by atoms with van der Waals surface area (Å²) in [6.07, 6.45) is -2.65. The number of hydrogen-bond donors (Lipinski definition) is 4. The molecular formula is C19H21N7O6. The maximum Gasteiger partial charge on any atom is 0.274 e. The number of ether oxygens (including phenoxy) is 1. The lowest BCUT2D eigenvalue weighted by atomic mass is 10.1. The molecule has 0 unspecified atom stereocenters. The molecule has 2 aromatic heterocycles. The summed E-state index contributed by atoms with van der Waals surface area (Å²) in [7, 11) is 0. The fourth-order valence-electron chi connectivity index (χ4n) is 3.66. The molecule has 3 heterocycles. The molecule has 4 N–H and O–H groups in total. The van der Waals surface area contributed by atoms with Crippen molar-refractivity contribution in [3.05, 3.63) is 58.1 Å². The molecule has 1 aromatic carbocycles. The van der Waals surface area contributed by atoms with Crippen molar-refractivity contribution in [3.63, 3.8) is 0 Å². The molecule has 32 heavy (non-hydrogen) atoms. The van der Waals surface area contributed by atoms with Gasteiger partial charge >= 0.3 is 0 Å². The molecule has 168 valence electrons. The van der Waals surface area contributed by atoms with Crippen molar-refractivity contribution in [3.8, 4) is 0 Å². The predicted octanol–water partition coefficient (Wildman–Crippen LogP) is -0.576. The maximum absolute atomic E-state index is 12.1. The minimum atomic E-state index is -1.45. The number of rotatable bonds is 6. The van der Waals surface area contributed by atoms with E-state index in [2.05, 4.69) is 15.3 Å². The standard InChI is InChI=1S/C19H21N7O6/c1-2-21-18(29)15-13(27)14(28)19(32-15)25-9-22-12-16(20)24(8-23-17(12)25)7-10-5-3-4-6-11(10)26(30)31/h3-6,8-9,13-15,19-20,27-28H,2,7H2,1H3,(H,21,29)/t13-,14+,15-,19+/m0/s1. The minimum Gasteiger partial charge on any atom is -0.387 e. The molecule has 1 aliphatic heterocycles. The number of nitro groups is 1. The number of hydrogen-bond acceptors (Lipinski definition) is 9. The Balaban J connectivity index is 1.66. The summed E-state index contributed by atoms with van der Waals surface area (Å²) < 4.78 is 8.33. The van der Waals surface area contributed by atoms with Gasteiger partial charge in [0.25, 0.3) is 11.6 Å². The number of fused-ring (bicyclic) bond motifs is 1. The number of amides is 1. The van der Waals surface area contributed by atoms with Gasteiger partial charge in [-0.1, -0.05) is 18.2 Å². The van der Waals surface area contributed by atoms with E-state index < -0.39 is 35.4 Å². The molecule has 1 fully saturated rings. The van der Waals surface area contributed by atoms with E-state index in [1.165, 1.54) is 27.9 Å². The van der Waals surface area contributed by atoms with Gasteiger partial charge in [0, 0.05) is 18.2 Å². The first-order valence-corrected chi connectivity index (χ1v) is 9.81. The van der Waals surface area contributed by atoms with Crippen LogP contribution in [-0.2, 0) is 16.1 Å². The van der Waals surface area contributed by atoms with Gasteiger partial charge in [-0.25, -0.2) is 9.97 Å². The summed E-state index contributed by atoms with van der Waals surface area (Å²) in [5, 5.41) is 42.9. The van der Waals surface area contributed by atoms with Gasteiger partial charge in [-0.3, -0.25) is 24.9 Å². The molecule has 1 saturated heterocycles. The van der Waals surface area contributed by atoms with Crippen molar-refractivity contribution >= 4 is 22.8 Å². The average Bonchev–Trinajstić information content (AvgIpc) is 3.32. The highest BCUT2D eigenvalue weighted by molar-refractivity contribution is 5.82. The Morgan fingerprint density at radius 3 is 2.75 bits per heavy atom. The molecule has 13 heteroatoms. The van der Waals surface area contributed by atoms with Crippen LogP contribution in [0.5, 0.6) is 0 Å². The lowest BCUT2D eigenvalue weighted by Gasteiger charge is -2.16.